The molecule has 0 amide bonds. The van der Waals surface area contributed by atoms with E-state index in [9.17, 15) is 0 Å². The van der Waals surface area contributed by atoms with Gasteiger partial charge in [-0.2, -0.15) is 0 Å². The summed E-state index contributed by atoms with van der Waals surface area (Å²) in [5.41, 5.74) is 5.78. The maximum absolute atomic E-state index is 5.67. The Morgan fingerprint density at radius 1 is 1.29 bits per heavy atom. The van der Waals surface area contributed by atoms with Crippen LogP contribution in [0.2, 0.25) is 0 Å². The predicted octanol–water partition coefficient (Wildman–Crippen LogP) is 2.55. The van der Waals surface area contributed by atoms with Crippen LogP contribution in [-0.4, -0.2) is 56.2 Å². The minimum atomic E-state index is 0.781. The van der Waals surface area contributed by atoms with Gasteiger partial charge in [0.05, 0.1) is 12.3 Å². The lowest BCUT2D eigenvalue weighted by Crippen LogP contribution is -2.44. The van der Waals surface area contributed by atoms with Crippen LogP contribution in [-0.2, 0) is 4.84 Å². The molecule has 0 atom stereocenters. The molecule has 1 N–H and O–H groups in total. The highest BCUT2D eigenvalue weighted by Gasteiger charge is 2.13. The summed E-state index contributed by atoms with van der Waals surface area (Å²) in [5.74, 6) is 0. The summed E-state index contributed by atoms with van der Waals surface area (Å²) in [6, 6.07) is 0. The van der Waals surface area contributed by atoms with Crippen LogP contribution in [0.25, 0.3) is 0 Å². The molecule has 120 valence electrons. The third-order valence-electron chi connectivity index (χ3n) is 4.29. The van der Waals surface area contributed by atoms with E-state index >= 15 is 0 Å². The number of likely N-dealkylation sites (N-methyl/N-ethyl adjacent to an activating group) is 1. The van der Waals surface area contributed by atoms with Crippen LogP contribution >= 0.6 is 0 Å². The zero-order valence-corrected chi connectivity index (χ0v) is 13.7. The van der Waals surface area contributed by atoms with Crippen molar-refractivity contribution < 1.29 is 4.84 Å². The van der Waals surface area contributed by atoms with E-state index in [0.717, 1.165) is 32.4 Å². The molecule has 0 spiro atoms. The fourth-order valence-electron chi connectivity index (χ4n) is 2.93. The topological polar surface area (TPSA) is 27.7 Å². The summed E-state index contributed by atoms with van der Waals surface area (Å²) in [4.78, 5) is 10.6. The van der Waals surface area contributed by atoms with Gasteiger partial charge in [-0.25, -0.2) is 0 Å². The maximum atomic E-state index is 5.67. The van der Waals surface area contributed by atoms with E-state index in [4.69, 9.17) is 4.84 Å². The number of rotatable bonds is 7. The zero-order chi connectivity index (χ0) is 14.9. The van der Waals surface area contributed by atoms with Crippen molar-refractivity contribution >= 4 is 0 Å². The van der Waals surface area contributed by atoms with Gasteiger partial charge < -0.3 is 9.80 Å². The molecule has 0 saturated carbocycles. The Balaban J connectivity index is 1.59. The van der Waals surface area contributed by atoms with Crippen LogP contribution in [0, 0.1) is 0 Å². The normalized spacial score (nSPS) is 23.3. The van der Waals surface area contributed by atoms with Crippen molar-refractivity contribution in [2.75, 3.05) is 46.4 Å². The monoisotopic (exact) mass is 293 g/mol. The van der Waals surface area contributed by atoms with E-state index in [0.29, 0.717) is 0 Å². The highest BCUT2D eigenvalue weighted by Crippen LogP contribution is 2.22. The molecule has 1 heterocycles. The molecular weight excluding hydrogens is 262 g/mol. The van der Waals surface area contributed by atoms with Crippen molar-refractivity contribution in [1.82, 2.24) is 15.3 Å². The largest absolute Gasteiger partial charge is 0.304 e. The third-order valence-corrected chi connectivity index (χ3v) is 4.29. The van der Waals surface area contributed by atoms with Gasteiger partial charge in [0.1, 0.15) is 0 Å². The molecule has 1 aliphatic heterocycles. The highest BCUT2D eigenvalue weighted by atomic mass is 16.6. The van der Waals surface area contributed by atoms with Crippen molar-refractivity contribution in [2.24, 2.45) is 0 Å². The highest BCUT2D eigenvalue weighted by molar-refractivity contribution is 5.30. The van der Waals surface area contributed by atoms with Gasteiger partial charge >= 0.3 is 0 Å². The fourth-order valence-corrected chi connectivity index (χ4v) is 2.93. The van der Waals surface area contributed by atoms with Crippen molar-refractivity contribution in [3.8, 4) is 0 Å². The first-order valence-electron chi connectivity index (χ1n) is 8.48. The lowest BCUT2D eigenvalue weighted by Gasteiger charge is -2.32. The van der Waals surface area contributed by atoms with Gasteiger partial charge in [-0.05, 0) is 44.7 Å². The molecule has 1 saturated heterocycles. The van der Waals surface area contributed by atoms with Crippen LogP contribution < -0.4 is 5.48 Å². The van der Waals surface area contributed by atoms with E-state index in [1.807, 2.05) is 0 Å². The van der Waals surface area contributed by atoms with Gasteiger partial charge in [-0.1, -0.05) is 19.1 Å². The summed E-state index contributed by atoms with van der Waals surface area (Å²) < 4.78 is 0. The molecule has 0 radical (unpaired) electrons. The number of nitrogens with zero attached hydrogens (tertiary/aromatic N) is 2. The molecule has 2 aliphatic rings. The van der Waals surface area contributed by atoms with Gasteiger partial charge in [0.25, 0.3) is 0 Å². The second kappa shape index (κ2) is 9.23. The van der Waals surface area contributed by atoms with E-state index in [1.54, 1.807) is 0 Å². The summed E-state index contributed by atoms with van der Waals surface area (Å²) in [6.07, 6.45) is 10.4. The molecule has 1 fully saturated rings. The van der Waals surface area contributed by atoms with Gasteiger partial charge in [0.2, 0.25) is 0 Å². The minimum absolute atomic E-state index is 0.781. The Morgan fingerprint density at radius 2 is 2.10 bits per heavy atom. The molecule has 4 heteroatoms. The molecule has 1 aliphatic carbocycles. The summed E-state index contributed by atoms with van der Waals surface area (Å²) in [5, 5.41) is 0. The average molecular weight is 293 g/mol. The first kappa shape index (κ1) is 16.5. The van der Waals surface area contributed by atoms with E-state index < -0.39 is 0 Å². The Morgan fingerprint density at radius 3 is 2.86 bits per heavy atom. The Hall–Kier alpha value is -0.840. The SMILES string of the molecule is CCC=C1CCCC=C1NOCCCN1CCN(C)CC1. The van der Waals surface area contributed by atoms with Crippen LogP contribution in [0.1, 0.15) is 39.0 Å². The first-order chi connectivity index (χ1) is 10.3. The van der Waals surface area contributed by atoms with Gasteiger partial charge in [0.15, 0.2) is 0 Å². The van der Waals surface area contributed by atoms with Crippen molar-refractivity contribution in [1.29, 1.82) is 0 Å². The van der Waals surface area contributed by atoms with Crippen molar-refractivity contribution in [3.05, 3.63) is 23.4 Å². The summed E-state index contributed by atoms with van der Waals surface area (Å²) in [7, 11) is 2.20. The van der Waals surface area contributed by atoms with Gasteiger partial charge in [-0.3, -0.25) is 10.3 Å². The van der Waals surface area contributed by atoms with E-state index in [1.165, 1.54) is 50.3 Å². The number of piperazine rings is 1. The molecule has 4 nitrogen and oxygen atoms in total. The van der Waals surface area contributed by atoms with Crippen LogP contribution in [0.5, 0.6) is 0 Å². The second-order valence-electron chi connectivity index (χ2n) is 6.10. The van der Waals surface area contributed by atoms with E-state index in [-0.39, 0.29) is 0 Å². The van der Waals surface area contributed by atoms with Gasteiger partial charge in [0, 0.05) is 32.7 Å². The number of hydrogen-bond donors (Lipinski definition) is 1. The van der Waals surface area contributed by atoms with Crippen molar-refractivity contribution in [3.63, 3.8) is 0 Å². The Labute approximate surface area is 129 Å². The minimum Gasteiger partial charge on any atom is -0.304 e. The van der Waals surface area contributed by atoms with Crippen LogP contribution in [0.15, 0.2) is 23.4 Å². The zero-order valence-electron chi connectivity index (χ0n) is 13.7. The number of allylic oxidation sites excluding steroid dienone is 3. The smallest absolute Gasteiger partial charge is 0.0758 e. The quantitative estimate of drug-likeness (QED) is 0.577. The second-order valence-corrected chi connectivity index (χ2v) is 6.10. The molecule has 0 aromatic heterocycles. The van der Waals surface area contributed by atoms with Crippen LogP contribution in [0.3, 0.4) is 0 Å². The molecule has 21 heavy (non-hydrogen) atoms. The third kappa shape index (κ3) is 5.81. The molecular formula is C17H31N3O. The lowest BCUT2D eigenvalue weighted by molar-refractivity contribution is 0.0520. The number of hydroxylamine groups is 1. The Bertz CT molecular complexity index is 357. The maximum Gasteiger partial charge on any atom is 0.0758 e. The van der Waals surface area contributed by atoms with Crippen molar-refractivity contribution in [2.45, 2.75) is 39.0 Å². The summed E-state index contributed by atoms with van der Waals surface area (Å²) in [6.45, 7) is 8.89. The molecule has 0 aromatic rings. The number of hydrogen-bond acceptors (Lipinski definition) is 4. The predicted molar refractivity (Wildman–Crippen MR) is 87.9 cm³/mol. The summed E-state index contributed by atoms with van der Waals surface area (Å²) >= 11 is 0. The Kier molecular flexibility index (Phi) is 7.27. The molecule has 0 unspecified atom stereocenters. The number of nitrogens with one attached hydrogen (secondary N) is 1. The standard InChI is InChI=1S/C17H31N3O/c1-3-7-16-8-4-5-9-17(16)18-21-15-6-10-20-13-11-19(2)12-14-20/h7,9,18H,3-6,8,10-15H2,1-2H3. The van der Waals surface area contributed by atoms with Gasteiger partial charge in [-0.15, -0.1) is 0 Å². The fraction of sp³-hybridized carbons (Fsp3) is 0.765. The molecule has 0 aromatic carbocycles. The average Bonchev–Trinajstić information content (AvgIpc) is 2.51. The van der Waals surface area contributed by atoms with E-state index in [2.05, 4.69) is 41.4 Å². The molecule has 2 rings (SSSR count). The van der Waals surface area contributed by atoms with Crippen LogP contribution in [0.4, 0.5) is 0 Å². The molecule has 0 bridgehead atoms. The lowest BCUT2D eigenvalue weighted by atomic mass is 9.98. The first-order valence-corrected chi connectivity index (χ1v) is 8.48.